The molecule has 1 unspecified atom stereocenters. The molecular weight excluding hydrogens is 267 g/mol. The highest BCUT2D eigenvalue weighted by atomic mass is 19.4. The Labute approximate surface area is 107 Å². The van der Waals surface area contributed by atoms with Gasteiger partial charge in [-0.2, -0.15) is 13.2 Å². The summed E-state index contributed by atoms with van der Waals surface area (Å²) in [5.41, 5.74) is -2.85. The Morgan fingerprint density at radius 2 is 2.05 bits per heavy atom. The van der Waals surface area contributed by atoms with Crippen molar-refractivity contribution in [3.05, 3.63) is 0 Å². The molecule has 0 saturated carbocycles. The van der Waals surface area contributed by atoms with Crippen LogP contribution in [-0.4, -0.2) is 53.9 Å². The van der Waals surface area contributed by atoms with Gasteiger partial charge in [0.1, 0.15) is 6.10 Å². The second kappa shape index (κ2) is 4.66. The topological polar surface area (TPSA) is 66.8 Å². The van der Waals surface area contributed by atoms with E-state index in [4.69, 9.17) is 9.84 Å². The second-order valence-electron chi connectivity index (χ2n) is 4.90. The molecule has 2 heterocycles. The second-order valence-corrected chi connectivity index (χ2v) is 4.90. The number of rotatable bonds is 2. The van der Waals surface area contributed by atoms with Gasteiger partial charge in [0.2, 0.25) is 0 Å². The van der Waals surface area contributed by atoms with Crippen LogP contribution in [0.25, 0.3) is 0 Å². The van der Waals surface area contributed by atoms with Gasteiger partial charge in [0.15, 0.2) is 5.41 Å². The number of likely N-dealkylation sites (tertiary alicyclic amines) is 1. The molecule has 8 heteroatoms. The number of alkyl halides is 3. The monoisotopic (exact) mass is 281 g/mol. The van der Waals surface area contributed by atoms with Crippen molar-refractivity contribution in [2.75, 3.05) is 19.7 Å². The van der Waals surface area contributed by atoms with Crippen LogP contribution in [-0.2, 0) is 14.3 Å². The Bertz CT molecular complexity index is 392. The maximum absolute atomic E-state index is 12.9. The number of nitrogens with zero attached hydrogens (tertiary/aromatic N) is 1. The molecule has 2 fully saturated rings. The first-order valence-electron chi connectivity index (χ1n) is 5.98. The molecule has 2 aliphatic heterocycles. The van der Waals surface area contributed by atoms with Gasteiger partial charge in [0.25, 0.3) is 5.91 Å². The van der Waals surface area contributed by atoms with Crippen molar-refractivity contribution in [1.29, 1.82) is 0 Å². The van der Waals surface area contributed by atoms with Crippen molar-refractivity contribution in [2.45, 2.75) is 31.5 Å². The van der Waals surface area contributed by atoms with E-state index in [9.17, 15) is 22.8 Å². The van der Waals surface area contributed by atoms with Gasteiger partial charge in [0.05, 0.1) is 0 Å². The summed E-state index contributed by atoms with van der Waals surface area (Å²) in [4.78, 5) is 23.9. The van der Waals surface area contributed by atoms with Crippen LogP contribution in [0, 0.1) is 5.41 Å². The number of aliphatic carboxylic acids is 1. The van der Waals surface area contributed by atoms with Crippen LogP contribution in [0.15, 0.2) is 0 Å². The molecule has 2 atom stereocenters. The van der Waals surface area contributed by atoms with Gasteiger partial charge in [0, 0.05) is 19.7 Å². The van der Waals surface area contributed by atoms with Gasteiger partial charge in [-0.05, 0) is 19.3 Å². The molecule has 19 heavy (non-hydrogen) atoms. The lowest BCUT2D eigenvalue weighted by molar-refractivity contribution is -0.227. The minimum absolute atomic E-state index is 0.204. The Balaban J connectivity index is 2.13. The molecule has 0 aliphatic carbocycles. The Kier molecular flexibility index (Phi) is 3.46. The maximum atomic E-state index is 12.9. The number of carbonyl (C=O) groups is 2. The van der Waals surface area contributed by atoms with E-state index >= 15 is 0 Å². The average molecular weight is 281 g/mol. The van der Waals surface area contributed by atoms with Gasteiger partial charge in [-0.3, -0.25) is 9.59 Å². The summed E-state index contributed by atoms with van der Waals surface area (Å²) in [6, 6.07) is 0. The maximum Gasteiger partial charge on any atom is 0.406 e. The number of carbonyl (C=O) groups excluding carboxylic acids is 1. The summed E-state index contributed by atoms with van der Waals surface area (Å²) in [7, 11) is 0. The van der Waals surface area contributed by atoms with E-state index < -0.39 is 42.5 Å². The molecule has 5 nitrogen and oxygen atoms in total. The van der Waals surface area contributed by atoms with E-state index in [2.05, 4.69) is 0 Å². The van der Waals surface area contributed by atoms with Crippen LogP contribution < -0.4 is 0 Å². The molecular formula is C11H14F3NO4. The molecule has 0 spiro atoms. The largest absolute Gasteiger partial charge is 0.481 e. The van der Waals surface area contributed by atoms with Gasteiger partial charge in [-0.1, -0.05) is 0 Å². The number of ether oxygens (including phenoxy) is 1. The number of hydrogen-bond donors (Lipinski definition) is 1. The van der Waals surface area contributed by atoms with Gasteiger partial charge in [-0.15, -0.1) is 0 Å². The summed E-state index contributed by atoms with van der Waals surface area (Å²) >= 11 is 0. The zero-order valence-corrected chi connectivity index (χ0v) is 10.1. The lowest BCUT2D eigenvalue weighted by Gasteiger charge is -2.27. The molecule has 0 aromatic heterocycles. The minimum Gasteiger partial charge on any atom is -0.481 e. The average Bonchev–Trinajstić information content (AvgIpc) is 2.97. The van der Waals surface area contributed by atoms with Crippen molar-refractivity contribution in [1.82, 2.24) is 4.90 Å². The summed E-state index contributed by atoms with van der Waals surface area (Å²) in [5, 5.41) is 8.88. The lowest BCUT2D eigenvalue weighted by Crippen LogP contribution is -2.48. The molecule has 2 rings (SSSR count). The van der Waals surface area contributed by atoms with E-state index in [-0.39, 0.29) is 6.54 Å². The molecule has 0 radical (unpaired) electrons. The number of carboxylic acids is 1. The number of amides is 1. The first-order valence-corrected chi connectivity index (χ1v) is 5.98. The molecule has 0 bridgehead atoms. The highest BCUT2D eigenvalue weighted by Crippen LogP contribution is 2.46. The predicted molar refractivity (Wildman–Crippen MR) is 56.3 cm³/mol. The first kappa shape index (κ1) is 14.1. The lowest BCUT2D eigenvalue weighted by atomic mass is 9.86. The van der Waals surface area contributed by atoms with Gasteiger partial charge in [-0.25, -0.2) is 0 Å². The Hall–Kier alpha value is -1.31. The van der Waals surface area contributed by atoms with Crippen molar-refractivity contribution in [3.8, 4) is 0 Å². The summed E-state index contributed by atoms with van der Waals surface area (Å²) in [5.74, 6) is -2.47. The fraction of sp³-hybridized carbons (Fsp3) is 0.818. The van der Waals surface area contributed by atoms with E-state index in [0.717, 1.165) is 4.90 Å². The van der Waals surface area contributed by atoms with Crippen LogP contribution in [0.1, 0.15) is 19.3 Å². The quantitative estimate of drug-likeness (QED) is 0.821. The predicted octanol–water partition coefficient (Wildman–Crippen LogP) is 1.03. The molecule has 0 aromatic rings. The Morgan fingerprint density at radius 1 is 1.37 bits per heavy atom. The fourth-order valence-electron chi connectivity index (χ4n) is 2.50. The highest BCUT2D eigenvalue weighted by Gasteiger charge is 2.64. The third kappa shape index (κ3) is 2.29. The smallest absolute Gasteiger partial charge is 0.406 e. The van der Waals surface area contributed by atoms with Gasteiger partial charge >= 0.3 is 12.1 Å². The van der Waals surface area contributed by atoms with Crippen LogP contribution in [0.5, 0.6) is 0 Å². The van der Waals surface area contributed by atoms with Crippen LogP contribution in [0.2, 0.25) is 0 Å². The van der Waals surface area contributed by atoms with Crippen molar-refractivity contribution >= 4 is 11.9 Å². The summed E-state index contributed by atoms with van der Waals surface area (Å²) < 4.78 is 43.9. The fourth-order valence-corrected chi connectivity index (χ4v) is 2.50. The zero-order chi connectivity index (χ0) is 14.3. The van der Waals surface area contributed by atoms with Gasteiger partial charge < -0.3 is 14.7 Å². The van der Waals surface area contributed by atoms with E-state index in [1.54, 1.807) is 0 Å². The molecule has 0 aromatic carbocycles. The van der Waals surface area contributed by atoms with Crippen molar-refractivity contribution in [3.63, 3.8) is 0 Å². The molecule has 1 N–H and O–H groups in total. The highest BCUT2D eigenvalue weighted by molar-refractivity contribution is 5.84. The first-order chi connectivity index (χ1) is 8.78. The molecule has 1 amide bonds. The SMILES string of the molecule is O=C([C@@H]1CCCO1)N1CCC(C(=O)O)(C(F)(F)F)C1. The number of halogens is 3. The standard InChI is InChI=1S/C11H14F3NO4/c12-11(13,14)10(9(17)18)3-4-15(6-10)8(16)7-2-1-5-19-7/h7H,1-6H2,(H,17,18)/t7-,10?/m0/s1. The minimum atomic E-state index is -4.87. The van der Waals surface area contributed by atoms with E-state index in [0.29, 0.717) is 19.4 Å². The molecule has 108 valence electrons. The molecule has 2 aliphatic rings. The third-order valence-electron chi connectivity index (χ3n) is 3.74. The van der Waals surface area contributed by atoms with Crippen molar-refractivity contribution < 1.29 is 32.6 Å². The van der Waals surface area contributed by atoms with Crippen LogP contribution in [0.4, 0.5) is 13.2 Å². The van der Waals surface area contributed by atoms with E-state index in [1.807, 2.05) is 0 Å². The summed E-state index contributed by atoms with van der Waals surface area (Å²) in [6.45, 7) is -0.622. The molecule has 2 saturated heterocycles. The van der Waals surface area contributed by atoms with E-state index in [1.165, 1.54) is 0 Å². The third-order valence-corrected chi connectivity index (χ3v) is 3.74. The normalized spacial score (nSPS) is 31.7. The zero-order valence-electron chi connectivity index (χ0n) is 10.1. The number of hydrogen-bond acceptors (Lipinski definition) is 3. The van der Waals surface area contributed by atoms with Crippen molar-refractivity contribution in [2.24, 2.45) is 5.41 Å². The van der Waals surface area contributed by atoms with Crippen LogP contribution >= 0.6 is 0 Å². The summed E-state index contributed by atoms with van der Waals surface area (Å²) in [6.07, 6.45) is -5.04. The Morgan fingerprint density at radius 3 is 2.47 bits per heavy atom. The number of carboxylic acid groups (broad SMARTS) is 1. The van der Waals surface area contributed by atoms with Crippen LogP contribution in [0.3, 0.4) is 0 Å².